The van der Waals surface area contributed by atoms with Gasteiger partial charge in [-0.3, -0.25) is 39.1 Å². The van der Waals surface area contributed by atoms with Crippen LogP contribution in [0.15, 0.2) is 95.3 Å². The smallest absolute Gasteiger partial charge is 0.336 e. The zero-order valence-corrected chi connectivity index (χ0v) is 26.3. The lowest BCUT2D eigenvalue weighted by Crippen LogP contribution is -2.44. The van der Waals surface area contributed by atoms with Crippen molar-refractivity contribution >= 4 is 41.3 Å². The number of nitro groups is 1. The molecule has 248 valence electrons. The summed E-state index contributed by atoms with van der Waals surface area (Å²) in [5, 5.41) is 14.5. The first-order chi connectivity index (χ1) is 23.6. The number of dihydropyridines is 1. The highest BCUT2D eigenvalue weighted by atomic mass is 16.6. The number of imide groups is 2. The van der Waals surface area contributed by atoms with Crippen LogP contribution in [-0.2, 0) is 19.1 Å². The zero-order chi connectivity index (χ0) is 35.0. The van der Waals surface area contributed by atoms with Crippen molar-refractivity contribution in [3.05, 3.63) is 133 Å². The molecule has 0 saturated heterocycles. The van der Waals surface area contributed by atoms with Gasteiger partial charge in [0.25, 0.3) is 29.3 Å². The maximum Gasteiger partial charge on any atom is 0.336 e. The van der Waals surface area contributed by atoms with Crippen molar-refractivity contribution in [2.24, 2.45) is 0 Å². The summed E-state index contributed by atoms with van der Waals surface area (Å²) in [7, 11) is 0. The molecule has 0 atom stereocenters. The first-order valence-electron chi connectivity index (χ1n) is 15.3. The third-order valence-corrected chi connectivity index (χ3v) is 8.35. The van der Waals surface area contributed by atoms with Gasteiger partial charge in [-0.25, -0.2) is 9.59 Å². The van der Waals surface area contributed by atoms with Crippen LogP contribution in [0.4, 0.5) is 5.69 Å². The molecule has 1 N–H and O–H groups in total. The van der Waals surface area contributed by atoms with Gasteiger partial charge in [0.1, 0.15) is 0 Å². The Balaban J connectivity index is 1.54. The van der Waals surface area contributed by atoms with E-state index in [0.717, 1.165) is 9.80 Å². The average molecular weight is 665 g/mol. The van der Waals surface area contributed by atoms with Crippen LogP contribution in [0.3, 0.4) is 0 Å². The Bertz CT molecular complexity index is 1850. The monoisotopic (exact) mass is 664 g/mol. The predicted octanol–water partition coefficient (Wildman–Crippen LogP) is 3.51. The van der Waals surface area contributed by atoms with Gasteiger partial charge in [-0.15, -0.1) is 0 Å². The minimum Gasteiger partial charge on any atom is -0.463 e. The highest BCUT2D eigenvalue weighted by Gasteiger charge is 2.45. The van der Waals surface area contributed by atoms with Gasteiger partial charge in [0.2, 0.25) is 0 Å². The number of carbonyl (C=O) groups excluding carboxylic acids is 6. The van der Waals surface area contributed by atoms with Crippen LogP contribution in [0.1, 0.15) is 66.8 Å². The van der Waals surface area contributed by atoms with E-state index in [0.29, 0.717) is 0 Å². The van der Waals surface area contributed by atoms with Crippen molar-refractivity contribution in [1.29, 1.82) is 0 Å². The van der Waals surface area contributed by atoms with Crippen molar-refractivity contribution in [3.63, 3.8) is 0 Å². The Morgan fingerprint density at radius 2 is 1.04 bits per heavy atom. The highest BCUT2D eigenvalue weighted by molar-refractivity contribution is 6.22. The third kappa shape index (κ3) is 5.62. The summed E-state index contributed by atoms with van der Waals surface area (Å²) >= 11 is 0. The average Bonchev–Trinajstić information content (AvgIpc) is 3.48. The molecule has 0 saturated carbocycles. The van der Waals surface area contributed by atoms with Gasteiger partial charge in [-0.1, -0.05) is 36.4 Å². The number of hydrogen-bond donors (Lipinski definition) is 1. The van der Waals surface area contributed by atoms with Crippen LogP contribution in [-0.4, -0.2) is 76.6 Å². The number of rotatable bonds is 10. The maximum atomic E-state index is 13.8. The minimum absolute atomic E-state index is 0.0315. The van der Waals surface area contributed by atoms with Crippen molar-refractivity contribution in [3.8, 4) is 0 Å². The van der Waals surface area contributed by atoms with Crippen molar-refractivity contribution in [2.45, 2.75) is 19.8 Å². The Labute approximate surface area is 278 Å². The van der Waals surface area contributed by atoms with Gasteiger partial charge in [-0.05, 0) is 43.7 Å². The second-order valence-corrected chi connectivity index (χ2v) is 11.1. The number of carbonyl (C=O) groups is 6. The van der Waals surface area contributed by atoms with E-state index in [1.54, 1.807) is 38.1 Å². The van der Waals surface area contributed by atoms with Crippen molar-refractivity contribution in [2.75, 3.05) is 26.3 Å². The molecule has 3 aromatic carbocycles. The summed E-state index contributed by atoms with van der Waals surface area (Å²) < 4.78 is 10.8. The Morgan fingerprint density at radius 3 is 1.37 bits per heavy atom. The SMILES string of the molecule is CCOC(=O)C1=C(CN2C(=O)c3ccccc3C2=O)NC(CN2C(=O)c3ccccc3C2=O)=C(C(=O)OCC)C1c1ccc([N+](=O)[O-])cc1. The summed E-state index contributed by atoms with van der Waals surface area (Å²) in [4.78, 5) is 94.2. The summed E-state index contributed by atoms with van der Waals surface area (Å²) in [5.74, 6) is -5.69. The van der Waals surface area contributed by atoms with Gasteiger partial charge < -0.3 is 14.8 Å². The van der Waals surface area contributed by atoms with Crippen LogP contribution in [0.2, 0.25) is 0 Å². The Kier molecular flexibility index (Phi) is 8.61. The predicted molar refractivity (Wildman–Crippen MR) is 170 cm³/mol. The van der Waals surface area contributed by atoms with E-state index in [-0.39, 0.29) is 69.3 Å². The number of fused-ring (bicyclic) bond motifs is 2. The summed E-state index contributed by atoms with van der Waals surface area (Å²) in [6.07, 6.45) is 0. The summed E-state index contributed by atoms with van der Waals surface area (Å²) in [6, 6.07) is 17.5. The van der Waals surface area contributed by atoms with Crippen molar-refractivity contribution < 1.29 is 43.2 Å². The lowest BCUT2D eigenvalue weighted by atomic mass is 9.79. The number of esters is 2. The molecule has 0 bridgehead atoms. The zero-order valence-electron chi connectivity index (χ0n) is 26.3. The van der Waals surface area contributed by atoms with Crippen LogP contribution < -0.4 is 5.32 Å². The van der Waals surface area contributed by atoms with Gasteiger partial charge >= 0.3 is 11.9 Å². The largest absolute Gasteiger partial charge is 0.463 e. The molecule has 0 aliphatic carbocycles. The molecule has 14 nitrogen and oxygen atoms in total. The molecule has 3 heterocycles. The molecular formula is C35H28N4O10. The fraction of sp³-hybridized carbons (Fsp3) is 0.200. The van der Waals surface area contributed by atoms with E-state index in [4.69, 9.17) is 9.47 Å². The molecule has 3 aliphatic heterocycles. The molecule has 0 fully saturated rings. The third-order valence-electron chi connectivity index (χ3n) is 8.35. The van der Waals surface area contributed by atoms with Crippen LogP contribution in [0, 0.1) is 10.1 Å². The number of benzene rings is 3. The van der Waals surface area contributed by atoms with Crippen molar-refractivity contribution in [1.82, 2.24) is 15.1 Å². The van der Waals surface area contributed by atoms with Crippen LogP contribution in [0.25, 0.3) is 0 Å². The highest BCUT2D eigenvalue weighted by Crippen LogP contribution is 2.41. The summed E-state index contributed by atoms with van der Waals surface area (Å²) in [6.45, 7) is 1.97. The maximum absolute atomic E-state index is 13.8. The number of nitrogens with one attached hydrogen (secondary N) is 1. The molecule has 3 aliphatic rings. The number of non-ortho nitro benzene ring substituents is 1. The molecule has 0 radical (unpaired) electrons. The Morgan fingerprint density at radius 1 is 0.673 bits per heavy atom. The van der Waals surface area contributed by atoms with E-state index < -0.39 is 59.5 Å². The van der Waals surface area contributed by atoms with E-state index >= 15 is 0 Å². The lowest BCUT2D eigenvalue weighted by Gasteiger charge is -2.34. The standard InChI is InChI=1S/C35H28N4O10/c1-3-48-34(44)28-25(17-37-30(40)21-9-5-6-10-22(21)31(37)41)36-26(18-38-32(42)23-11-7-8-12-24(23)33(38)43)29(35(45)49-4-2)27(28)19-13-15-20(16-14-19)39(46)47/h5-16,27,36H,3-4,17-18H2,1-2H3. The number of amides is 4. The quantitative estimate of drug-likeness (QED) is 0.145. The first kappa shape index (κ1) is 32.5. The van der Waals surface area contributed by atoms with E-state index in [1.165, 1.54) is 48.5 Å². The van der Waals surface area contributed by atoms with Crippen LogP contribution in [0.5, 0.6) is 0 Å². The van der Waals surface area contributed by atoms with Gasteiger partial charge in [0.15, 0.2) is 0 Å². The molecule has 4 amide bonds. The summed E-state index contributed by atoms with van der Waals surface area (Å²) in [5.41, 5.74) is 0.154. The van der Waals surface area contributed by atoms with E-state index in [1.807, 2.05) is 0 Å². The van der Waals surface area contributed by atoms with Gasteiger partial charge in [0, 0.05) is 23.5 Å². The lowest BCUT2D eigenvalue weighted by molar-refractivity contribution is -0.384. The molecule has 6 rings (SSSR count). The second kappa shape index (κ2) is 13.0. The number of hydrogen-bond acceptors (Lipinski definition) is 11. The first-order valence-corrected chi connectivity index (χ1v) is 15.3. The minimum atomic E-state index is -1.34. The van der Waals surface area contributed by atoms with E-state index in [2.05, 4.69) is 5.32 Å². The molecule has 49 heavy (non-hydrogen) atoms. The molecule has 3 aromatic rings. The number of nitrogens with zero attached hydrogens (tertiary/aromatic N) is 3. The van der Waals surface area contributed by atoms with Gasteiger partial charge in [-0.2, -0.15) is 0 Å². The fourth-order valence-corrected chi connectivity index (χ4v) is 6.16. The fourth-order valence-electron chi connectivity index (χ4n) is 6.16. The molecule has 0 aromatic heterocycles. The molecule has 0 spiro atoms. The van der Waals surface area contributed by atoms with Gasteiger partial charge in [0.05, 0.1) is 70.5 Å². The number of nitro benzene ring substituents is 1. The molecular weight excluding hydrogens is 636 g/mol. The molecule has 0 unspecified atom stereocenters. The van der Waals surface area contributed by atoms with Crippen LogP contribution >= 0.6 is 0 Å². The number of ether oxygens (including phenoxy) is 2. The Hall–Kier alpha value is -6.44. The molecule has 14 heteroatoms. The normalized spacial score (nSPS) is 15.8. The topological polar surface area (TPSA) is 183 Å². The second-order valence-electron chi connectivity index (χ2n) is 11.1. The van der Waals surface area contributed by atoms with E-state index in [9.17, 15) is 38.9 Å².